The standard InChI is InChI=1S/C17H26F2N2.C15H19Cl2N5.C2H6/c1-12(2)21-9-7-15(8-10-21)17(18,19)16-6-4-5-14(11-16)13(3)20;1-9(2)21-4-6-22(7-5-21)12-8-11-13(16)18-10(3)19-15(11)20-14(12)17;1-2/h4-6,11-13,15H,7-10,20H2,1-3H3;8-9H,4-7H2,1-3H3;1-2H3/t13-;;/m1../s1. The Morgan fingerprint density at radius 1 is 0.822 bits per heavy atom. The molecule has 5 rings (SSSR count). The van der Waals surface area contributed by atoms with Gasteiger partial charge < -0.3 is 15.5 Å². The molecule has 0 unspecified atom stereocenters. The van der Waals surface area contributed by atoms with Crippen LogP contribution in [0.2, 0.25) is 10.3 Å². The van der Waals surface area contributed by atoms with Gasteiger partial charge >= 0.3 is 0 Å². The van der Waals surface area contributed by atoms with Crippen molar-refractivity contribution in [3.05, 3.63) is 57.6 Å². The lowest BCUT2D eigenvalue weighted by Crippen LogP contribution is -2.49. The summed E-state index contributed by atoms with van der Waals surface area (Å²) < 4.78 is 29.5. The normalized spacial score (nSPS) is 17.6. The predicted octanol–water partition coefficient (Wildman–Crippen LogP) is 8.12. The third kappa shape index (κ3) is 9.44. The molecule has 45 heavy (non-hydrogen) atoms. The quantitative estimate of drug-likeness (QED) is 0.211. The highest BCUT2D eigenvalue weighted by molar-refractivity contribution is 6.35. The van der Waals surface area contributed by atoms with Gasteiger partial charge in [0.15, 0.2) is 10.8 Å². The van der Waals surface area contributed by atoms with Crippen LogP contribution >= 0.6 is 23.2 Å². The summed E-state index contributed by atoms with van der Waals surface area (Å²) in [4.78, 5) is 19.9. The lowest BCUT2D eigenvalue weighted by Gasteiger charge is -2.38. The summed E-state index contributed by atoms with van der Waals surface area (Å²) >= 11 is 12.6. The molecule has 4 heterocycles. The smallest absolute Gasteiger partial charge is 0.276 e. The first-order valence-electron chi connectivity index (χ1n) is 16.2. The van der Waals surface area contributed by atoms with Crippen molar-refractivity contribution in [2.24, 2.45) is 11.7 Å². The van der Waals surface area contributed by atoms with Gasteiger partial charge in [0.05, 0.1) is 11.1 Å². The molecule has 2 N–H and O–H groups in total. The lowest BCUT2D eigenvalue weighted by molar-refractivity contribution is -0.0876. The second-order valence-electron chi connectivity index (χ2n) is 12.3. The molecule has 0 aliphatic carbocycles. The number of aromatic nitrogens is 3. The summed E-state index contributed by atoms with van der Waals surface area (Å²) in [5.41, 5.74) is 8.14. The van der Waals surface area contributed by atoms with Crippen LogP contribution in [0.1, 0.15) is 84.3 Å². The van der Waals surface area contributed by atoms with Crippen LogP contribution in [0.4, 0.5) is 14.5 Å². The molecule has 1 aromatic carbocycles. The summed E-state index contributed by atoms with van der Waals surface area (Å²) in [6.07, 6.45) is 1.10. The van der Waals surface area contributed by atoms with E-state index in [4.69, 9.17) is 28.9 Å². The van der Waals surface area contributed by atoms with Crippen molar-refractivity contribution in [1.82, 2.24) is 24.8 Å². The largest absolute Gasteiger partial charge is 0.366 e. The van der Waals surface area contributed by atoms with Gasteiger partial charge in [-0.25, -0.2) is 23.7 Å². The molecule has 1 atom stereocenters. The van der Waals surface area contributed by atoms with Gasteiger partial charge in [-0.1, -0.05) is 55.2 Å². The van der Waals surface area contributed by atoms with Crippen LogP contribution < -0.4 is 10.6 Å². The Kier molecular flexibility index (Phi) is 13.7. The number of nitrogens with zero attached hydrogens (tertiary/aromatic N) is 6. The van der Waals surface area contributed by atoms with Crippen molar-refractivity contribution in [2.45, 2.75) is 92.3 Å². The van der Waals surface area contributed by atoms with E-state index in [0.717, 1.165) is 55.9 Å². The van der Waals surface area contributed by atoms with E-state index in [9.17, 15) is 8.78 Å². The number of nitrogens with two attached hydrogens (primary N) is 1. The summed E-state index contributed by atoms with van der Waals surface area (Å²) in [7, 11) is 0. The number of likely N-dealkylation sites (tertiary alicyclic amines) is 1. The number of halogens is 4. The van der Waals surface area contributed by atoms with E-state index in [1.807, 2.05) is 32.9 Å². The van der Waals surface area contributed by atoms with E-state index in [0.29, 0.717) is 46.7 Å². The van der Waals surface area contributed by atoms with Crippen LogP contribution in [0.25, 0.3) is 11.0 Å². The van der Waals surface area contributed by atoms with Crippen molar-refractivity contribution < 1.29 is 8.78 Å². The zero-order valence-electron chi connectivity index (χ0n) is 28.1. The highest BCUT2D eigenvalue weighted by Gasteiger charge is 2.43. The van der Waals surface area contributed by atoms with Gasteiger partial charge in [0.25, 0.3) is 5.92 Å². The lowest BCUT2D eigenvalue weighted by atomic mass is 9.85. The van der Waals surface area contributed by atoms with Gasteiger partial charge in [0.2, 0.25) is 0 Å². The topological polar surface area (TPSA) is 74.4 Å². The molecule has 2 aliphatic rings. The second-order valence-corrected chi connectivity index (χ2v) is 13.0. The number of piperidine rings is 1. The highest BCUT2D eigenvalue weighted by atomic mass is 35.5. The van der Waals surface area contributed by atoms with Crippen LogP contribution in [0.5, 0.6) is 0 Å². The Bertz CT molecular complexity index is 1370. The van der Waals surface area contributed by atoms with Crippen molar-refractivity contribution >= 4 is 39.9 Å². The zero-order chi connectivity index (χ0) is 33.5. The minimum Gasteiger partial charge on any atom is -0.366 e. The van der Waals surface area contributed by atoms with Crippen LogP contribution in [0, 0.1) is 12.8 Å². The van der Waals surface area contributed by atoms with E-state index in [1.165, 1.54) is 6.07 Å². The number of alkyl halides is 2. The van der Waals surface area contributed by atoms with Gasteiger partial charge in [-0.2, -0.15) is 0 Å². The minimum absolute atomic E-state index is 0.111. The van der Waals surface area contributed by atoms with Crippen molar-refractivity contribution in [3.8, 4) is 0 Å². The van der Waals surface area contributed by atoms with Crippen LogP contribution in [-0.4, -0.2) is 76.1 Å². The molecule has 0 amide bonds. The average molecular weight is 667 g/mol. The van der Waals surface area contributed by atoms with Gasteiger partial charge in [-0.3, -0.25) is 4.90 Å². The minimum atomic E-state index is -2.77. The number of hydrogen-bond acceptors (Lipinski definition) is 7. The fraction of sp³-hybridized carbons (Fsp3) is 0.618. The molecule has 7 nitrogen and oxygen atoms in total. The molecular weight excluding hydrogens is 615 g/mol. The zero-order valence-corrected chi connectivity index (χ0v) is 29.6. The Hall–Kier alpha value is -2.17. The Morgan fingerprint density at radius 2 is 1.40 bits per heavy atom. The number of hydrogen-bond donors (Lipinski definition) is 1. The molecule has 2 saturated heterocycles. The second kappa shape index (κ2) is 16.6. The monoisotopic (exact) mass is 665 g/mol. The van der Waals surface area contributed by atoms with E-state index >= 15 is 0 Å². The summed E-state index contributed by atoms with van der Waals surface area (Å²) in [5, 5.41) is 1.64. The molecule has 2 aliphatic heterocycles. The third-order valence-electron chi connectivity index (χ3n) is 8.64. The van der Waals surface area contributed by atoms with Crippen LogP contribution in [0.3, 0.4) is 0 Å². The molecule has 0 radical (unpaired) electrons. The van der Waals surface area contributed by atoms with Gasteiger partial charge in [0, 0.05) is 55.8 Å². The molecule has 250 valence electrons. The first-order valence-corrected chi connectivity index (χ1v) is 17.0. The number of fused-ring (bicyclic) bond motifs is 1. The number of benzene rings is 1. The summed E-state index contributed by atoms with van der Waals surface area (Å²) in [6.45, 7) is 21.7. The maximum atomic E-state index is 14.8. The molecule has 2 aromatic heterocycles. The fourth-order valence-corrected chi connectivity index (χ4v) is 6.35. The molecule has 0 saturated carbocycles. The SMILES string of the molecule is CC.CC(C)N1CCC(C(F)(F)c2cccc([C@@H](C)N)c2)CC1.Cc1nc(Cl)c2cc(N3CCN(C(C)C)CC3)c(Cl)nc2n1. The Balaban J connectivity index is 0.000000233. The van der Waals surface area contributed by atoms with Crippen molar-refractivity contribution in [3.63, 3.8) is 0 Å². The van der Waals surface area contributed by atoms with Crippen molar-refractivity contribution in [2.75, 3.05) is 44.2 Å². The fourth-order valence-electron chi connectivity index (χ4n) is 5.83. The first kappa shape index (κ1) is 37.3. The average Bonchev–Trinajstić information content (AvgIpc) is 3.02. The summed E-state index contributed by atoms with van der Waals surface area (Å²) in [5.74, 6) is -2.75. The van der Waals surface area contributed by atoms with Crippen LogP contribution in [0.15, 0.2) is 30.3 Å². The van der Waals surface area contributed by atoms with Gasteiger partial charge in [-0.05, 0) is 85.2 Å². The van der Waals surface area contributed by atoms with Crippen molar-refractivity contribution in [1.29, 1.82) is 0 Å². The number of pyridine rings is 1. The molecule has 0 spiro atoms. The molecule has 0 bridgehead atoms. The van der Waals surface area contributed by atoms with Gasteiger partial charge in [-0.15, -0.1) is 0 Å². The molecule has 3 aromatic rings. The number of rotatable bonds is 6. The first-order chi connectivity index (χ1) is 21.3. The number of aryl methyl sites for hydroxylation is 1. The Morgan fingerprint density at radius 3 is 1.96 bits per heavy atom. The van der Waals surface area contributed by atoms with Crippen LogP contribution in [-0.2, 0) is 5.92 Å². The van der Waals surface area contributed by atoms with Gasteiger partial charge in [0.1, 0.15) is 11.0 Å². The van der Waals surface area contributed by atoms with E-state index in [-0.39, 0.29) is 11.6 Å². The van der Waals surface area contributed by atoms with E-state index in [1.54, 1.807) is 19.1 Å². The molecular formula is C34H51Cl2F2N7. The third-order valence-corrected chi connectivity index (χ3v) is 9.21. The maximum Gasteiger partial charge on any atom is 0.276 e. The highest BCUT2D eigenvalue weighted by Crippen LogP contribution is 2.42. The summed E-state index contributed by atoms with van der Waals surface area (Å²) in [6, 6.07) is 9.33. The molecule has 11 heteroatoms. The Labute approximate surface area is 278 Å². The predicted molar refractivity (Wildman–Crippen MR) is 185 cm³/mol. The van der Waals surface area contributed by atoms with E-state index < -0.39 is 11.8 Å². The number of anilines is 1. The maximum absolute atomic E-state index is 14.8. The molecule has 2 fully saturated rings. The van der Waals surface area contributed by atoms with E-state index in [2.05, 4.69) is 57.3 Å². The number of piperazine rings is 1.